The third-order valence-electron chi connectivity index (χ3n) is 2.30. The number of alkyl halides is 3. The number of nitrogens with zero attached hydrogens (tertiary/aromatic N) is 1. The van der Waals surface area contributed by atoms with Crippen LogP contribution in [0.25, 0.3) is 0 Å². The van der Waals surface area contributed by atoms with Crippen molar-refractivity contribution in [3.05, 3.63) is 0 Å². The Morgan fingerprint density at radius 3 is 2.36 bits per heavy atom. The molecule has 0 spiro atoms. The molecule has 1 N–H and O–H groups in total. The van der Waals surface area contributed by atoms with Crippen LogP contribution in [0.4, 0.5) is 13.2 Å². The second-order valence-electron chi connectivity index (χ2n) is 4.06. The maximum atomic E-state index is 12.1. The molecule has 14 heavy (non-hydrogen) atoms. The summed E-state index contributed by atoms with van der Waals surface area (Å²) in [6.07, 6.45) is -2.42. The van der Waals surface area contributed by atoms with Crippen molar-refractivity contribution >= 4 is 0 Å². The van der Waals surface area contributed by atoms with Gasteiger partial charge >= 0.3 is 6.18 Å². The van der Waals surface area contributed by atoms with E-state index in [4.69, 9.17) is 5.11 Å². The molecule has 84 valence electrons. The van der Waals surface area contributed by atoms with Crippen LogP contribution >= 0.6 is 0 Å². The number of hydrogen-bond donors (Lipinski definition) is 1. The van der Waals surface area contributed by atoms with Crippen molar-refractivity contribution < 1.29 is 18.3 Å². The zero-order valence-electron chi connectivity index (χ0n) is 8.22. The van der Waals surface area contributed by atoms with Crippen molar-refractivity contribution in [3.63, 3.8) is 0 Å². The second-order valence-corrected chi connectivity index (χ2v) is 4.06. The average Bonchev–Trinajstić information content (AvgIpc) is 2.82. The third kappa shape index (κ3) is 4.28. The first-order chi connectivity index (χ1) is 6.42. The van der Waals surface area contributed by atoms with Gasteiger partial charge in [0.1, 0.15) is 0 Å². The minimum absolute atomic E-state index is 0.0545. The van der Waals surface area contributed by atoms with Crippen LogP contribution in [0.1, 0.15) is 19.8 Å². The van der Waals surface area contributed by atoms with Gasteiger partial charge < -0.3 is 5.11 Å². The molecular formula is C9H16F3NO. The summed E-state index contributed by atoms with van der Waals surface area (Å²) in [5.74, 6) is -0.0852. The molecule has 1 aliphatic rings. The molecule has 0 aromatic heterocycles. The summed E-state index contributed by atoms with van der Waals surface area (Å²) in [5.41, 5.74) is 0. The van der Waals surface area contributed by atoms with Gasteiger partial charge in [0.25, 0.3) is 0 Å². The van der Waals surface area contributed by atoms with E-state index in [9.17, 15) is 13.2 Å². The Balaban J connectivity index is 2.39. The Bertz CT molecular complexity index is 179. The average molecular weight is 211 g/mol. The number of aliphatic hydroxyl groups excluding tert-OH is 1. The van der Waals surface area contributed by atoms with Gasteiger partial charge in [0.2, 0.25) is 0 Å². The molecule has 1 unspecified atom stereocenters. The van der Waals surface area contributed by atoms with Crippen LogP contribution in [-0.2, 0) is 0 Å². The van der Waals surface area contributed by atoms with E-state index in [1.54, 1.807) is 6.92 Å². The molecule has 0 aliphatic heterocycles. The lowest BCUT2D eigenvalue weighted by Gasteiger charge is -2.25. The molecule has 0 heterocycles. The summed E-state index contributed by atoms with van der Waals surface area (Å²) >= 11 is 0. The predicted molar refractivity (Wildman–Crippen MR) is 46.9 cm³/mol. The number of hydrogen-bond acceptors (Lipinski definition) is 2. The normalized spacial score (nSPS) is 20.1. The number of aliphatic hydroxyl groups is 1. The van der Waals surface area contributed by atoms with Gasteiger partial charge in [-0.25, -0.2) is 0 Å². The summed E-state index contributed by atoms with van der Waals surface area (Å²) in [6, 6.07) is 0.0885. The molecular weight excluding hydrogens is 195 g/mol. The smallest absolute Gasteiger partial charge is 0.396 e. The molecule has 1 aliphatic carbocycles. The van der Waals surface area contributed by atoms with Crippen molar-refractivity contribution in [3.8, 4) is 0 Å². The zero-order chi connectivity index (χ0) is 10.8. The van der Waals surface area contributed by atoms with Gasteiger partial charge in [-0.05, 0) is 18.8 Å². The molecule has 0 aromatic rings. The van der Waals surface area contributed by atoms with E-state index in [1.807, 2.05) is 0 Å². The Hall–Kier alpha value is -0.290. The maximum Gasteiger partial charge on any atom is 0.401 e. The molecule has 0 amide bonds. The Kier molecular flexibility index (Phi) is 3.78. The molecule has 0 aromatic carbocycles. The van der Waals surface area contributed by atoms with Gasteiger partial charge in [-0.15, -0.1) is 0 Å². The van der Waals surface area contributed by atoms with E-state index in [1.165, 1.54) is 4.90 Å². The lowest BCUT2D eigenvalue weighted by Crippen LogP contribution is -2.39. The molecule has 0 bridgehead atoms. The van der Waals surface area contributed by atoms with Crippen LogP contribution < -0.4 is 0 Å². The monoisotopic (exact) mass is 211 g/mol. The third-order valence-corrected chi connectivity index (χ3v) is 2.30. The summed E-state index contributed by atoms with van der Waals surface area (Å²) in [4.78, 5) is 1.43. The second kappa shape index (κ2) is 4.49. The maximum absolute atomic E-state index is 12.1. The first-order valence-corrected chi connectivity index (χ1v) is 4.84. The SMILES string of the molecule is CC(CO)CN(CC(F)(F)F)C1CC1. The molecule has 0 saturated heterocycles. The van der Waals surface area contributed by atoms with E-state index >= 15 is 0 Å². The van der Waals surface area contributed by atoms with Gasteiger partial charge in [-0.2, -0.15) is 13.2 Å². The summed E-state index contributed by atoms with van der Waals surface area (Å²) < 4.78 is 36.4. The van der Waals surface area contributed by atoms with Gasteiger partial charge in [-0.1, -0.05) is 6.92 Å². The van der Waals surface area contributed by atoms with Crippen molar-refractivity contribution in [2.24, 2.45) is 5.92 Å². The predicted octanol–water partition coefficient (Wildman–Crippen LogP) is 1.64. The molecule has 5 heteroatoms. The minimum Gasteiger partial charge on any atom is -0.396 e. The first kappa shape index (κ1) is 11.8. The fourth-order valence-electron chi connectivity index (χ4n) is 1.47. The highest BCUT2D eigenvalue weighted by Gasteiger charge is 2.38. The van der Waals surface area contributed by atoms with Crippen LogP contribution in [0.15, 0.2) is 0 Å². The highest BCUT2D eigenvalue weighted by molar-refractivity contribution is 4.86. The van der Waals surface area contributed by atoms with Crippen LogP contribution in [0.5, 0.6) is 0 Å². The van der Waals surface area contributed by atoms with E-state index in [0.29, 0.717) is 6.54 Å². The fourth-order valence-corrected chi connectivity index (χ4v) is 1.47. The Labute approximate surface area is 81.7 Å². The van der Waals surface area contributed by atoms with E-state index < -0.39 is 12.7 Å². The first-order valence-electron chi connectivity index (χ1n) is 4.84. The standard InChI is InChI=1S/C9H16F3NO/c1-7(5-14)4-13(8-2-3-8)6-9(10,11)12/h7-8,14H,2-6H2,1H3. The van der Waals surface area contributed by atoms with E-state index in [-0.39, 0.29) is 18.6 Å². The molecule has 1 rings (SSSR count). The van der Waals surface area contributed by atoms with Gasteiger partial charge in [-0.3, -0.25) is 4.90 Å². The molecule has 2 nitrogen and oxygen atoms in total. The fraction of sp³-hybridized carbons (Fsp3) is 1.00. The summed E-state index contributed by atoms with van der Waals surface area (Å²) in [6.45, 7) is 1.19. The minimum atomic E-state index is -4.13. The molecule has 0 radical (unpaired) electrons. The van der Waals surface area contributed by atoms with Crippen LogP contribution in [0.2, 0.25) is 0 Å². The molecule has 1 saturated carbocycles. The van der Waals surface area contributed by atoms with Crippen molar-refractivity contribution in [1.29, 1.82) is 0 Å². The van der Waals surface area contributed by atoms with E-state index in [0.717, 1.165) is 12.8 Å². The van der Waals surface area contributed by atoms with Gasteiger partial charge in [0, 0.05) is 19.2 Å². The van der Waals surface area contributed by atoms with Gasteiger partial charge in [0.05, 0.1) is 6.54 Å². The lowest BCUT2D eigenvalue weighted by molar-refractivity contribution is -0.148. The van der Waals surface area contributed by atoms with Crippen LogP contribution in [0, 0.1) is 5.92 Å². The van der Waals surface area contributed by atoms with Crippen LogP contribution in [0.3, 0.4) is 0 Å². The summed E-state index contributed by atoms with van der Waals surface area (Å²) in [5, 5.41) is 8.78. The lowest BCUT2D eigenvalue weighted by atomic mass is 10.2. The highest BCUT2D eigenvalue weighted by Crippen LogP contribution is 2.30. The Morgan fingerprint density at radius 1 is 1.43 bits per heavy atom. The quantitative estimate of drug-likeness (QED) is 0.747. The van der Waals surface area contributed by atoms with Crippen molar-refractivity contribution in [1.82, 2.24) is 4.90 Å². The molecule has 1 atom stereocenters. The number of rotatable bonds is 5. The molecule has 1 fully saturated rings. The Morgan fingerprint density at radius 2 is 2.00 bits per heavy atom. The number of halogens is 3. The van der Waals surface area contributed by atoms with Crippen molar-refractivity contribution in [2.45, 2.75) is 32.0 Å². The largest absolute Gasteiger partial charge is 0.401 e. The summed E-state index contributed by atoms with van der Waals surface area (Å²) in [7, 11) is 0. The van der Waals surface area contributed by atoms with Crippen LogP contribution in [-0.4, -0.2) is 41.9 Å². The topological polar surface area (TPSA) is 23.5 Å². The van der Waals surface area contributed by atoms with Crippen molar-refractivity contribution in [2.75, 3.05) is 19.7 Å². The highest BCUT2D eigenvalue weighted by atomic mass is 19.4. The van der Waals surface area contributed by atoms with E-state index in [2.05, 4.69) is 0 Å². The zero-order valence-corrected chi connectivity index (χ0v) is 8.22. The van der Waals surface area contributed by atoms with Gasteiger partial charge in [0.15, 0.2) is 0 Å².